The van der Waals surface area contributed by atoms with E-state index in [0.717, 1.165) is 11.8 Å². The average Bonchev–Trinajstić information content (AvgIpc) is 2.36. The summed E-state index contributed by atoms with van der Waals surface area (Å²) in [6.45, 7) is 0. The number of allylic oxidation sites excluding steroid dienone is 2. The summed E-state index contributed by atoms with van der Waals surface area (Å²) < 4.78 is 0. The minimum Gasteiger partial charge on any atom is -0.118 e. The highest BCUT2D eigenvalue weighted by atomic mass is 79.9. The molecule has 4 atom stereocenters. The number of rotatable bonds is 1. The van der Waals surface area contributed by atoms with Crippen LogP contribution in [0.15, 0.2) is 11.1 Å². The van der Waals surface area contributed by atoms with Crippen molar-refractivity contribution >= 4 is 62.3 Å². The molecule has 0 aromatic rings. The van der Waals surface area contributed by atoms with Crippen molar-refractivity contribution in [2.45, 2.75) is 21.5 Å². The zero-order valence-electron chi connectivity index (χ0n) is 6.54. The fourth-order valence-electron chi connectivity index (χ4n) is 2.07. The molecule has 0 amide bonds. The van der Waals surface area contributed by atoms with Crippen LogP contribution in [0.1, 0.15) is 6.42 Å². The normalized spacial score (nSPS) is 54.1. The van der Waals surface area contributed by atoms with Crippen molar-refractivity contribution in [1.29, 1.82) is 0 Å². The van der Waals surface area contributed by atoms with E-state index in [2.05, 4.69) is 15.9 Å². The quantitative estimate of drug-likeness (QED) is 0.637. The van der Waals surface area contributed by atoms with Crippen LogP contribution in [0.2, 0.25) is 0 Å². The smallest absolute Gasteiger partial charge is 0.0984 e. The van der Waals surface area contributed by atoms with Gasteiger partial charge in [0, 0.05) is 10.4 Å². The van der Waals surface area contributed by atoms with Gasteiger partial charge in [-0.3, -0.25) is 0 Å². The summed E-state index contributed by atoms with van der Waals surface area (Å²) in [5, 5.41) is 1.09. The van der Waals surface area contributed by atoms with Gasteiger partial charge >= 0.3 is 0 Å². The van der Waals surface area contributed by atoms with Crippen LogP contribution in [0.4, 0.5) is 0 Å². The molecule has 74 valence electrons. The number of hydrogen-bond donors (Lipinski definition) is 0. The van der Waals surface area contributed by atoms with Crippen molar-refractivity contribution in [2.75, 3.05) is 5.33 Å². The summed E-state index contributed by atoms with van der Waals surface area (Å²) in [6.07, 6.45) is 2.54. The van der Waals surface area contributed by atoms with Crippen LogP contribution in [-0.2, 0) is 0 Å². The van der Waals surface area contributed by atoms with Crippen LogP contribution in [0.5, 0.6) is 0 Å². The van der Waals surface area contributed by atoms with E-state index in [9.17, 15) is 0 Å². The van der Waals surface area contributed by atoms with Gasteiger partial charge in [-0.15, -0.1) is 34.8 Å². The Morgan fingerprint density at radius 3 is 2.46 bits per heavy atom. The maximum atomic E-state index is 6.39. The molecule has 1 unspecified atom stereocenters. The van der Waals surface area contributed by atoms with Crippen LogP contribution in [-0.4, -0.2) is 20.5 Å². The summed E-state index contributed by atoms with van der Waals surface area (Å²) in [7, 11) is 0. The second kappa shape index (κ2) is 3.18. The SMILES string of the molecule is ClC1=C[C@@]2(Cl)C(Cl)[C@]1(Cl)C[C@H]2CBr. The van der Waals surface area contributed by atoms with E-state index < -0.39 is 9.75 Å². The van der Waals surface area contributed by atoms with Crippen LogP contribution in [0.25, 0.3) is 0 Å². The average molecular weight is 325 g/mol. The van der Waals surface area contributed by atoms with Crippen molar-refractivity contribution in [3.63, 3.8) is 0 Å². The zero-order valence-corrected chi connectivity index (χ0v) is 11.1. The van der Waals surface area contributed by atoms with Gasteiger partial charge in [0.1, 0.15) is 0 Å². The number of alkyl halides is 4. The Labute approximate surface area is 106 Å². The van der Waals surface area contributed by atoms with Gasteiger partial charge < -0.3 is 0 Å². The third-order valence-corrected chi connectivity index (χ3v) is 6.38. The lowest BCUT2D eigenvalue weighted by atomic mass is 9.95. The molecule has 0 aromatic carbocycles. The second-order valence-electron chi connectivity index (χ2n) is 3.60. The number of halogens is 5. The molecule has 2 rings (SSSR count). The minimum atomic E-state index is -0.636. The molecule has 2 aliphatic rings. The first-order valence-corrected chi connectivity index (χ1v) is 6.61. The van der Waals surface area contributed by atoms with Gasteiger partial charge in [-0.05, 0) is 18.4 Å². The fraction of sp³-hybridized carbons (Fsp3) is 0.750. The largest absolute Gasteiger partial charge is 0.118 e. The molecule has 0 heterocycles. The molecule has 1 saturated carbocycles. The molecule has 2 bridgehead atoms. The van der Waals surface area contributed by atoms with E-state index in [1.807, 2.05) is 0 Å². The molecule has 0 aliphatic heterocycles. The first kappa shape index (κ1) is 10.9. The van der Waals surface area contributed by atoms with Gasteiger partial charge in [0.25, 0.3) is 0 Å². The summed E-state index contributed by atoms with van der Waals surface area (Å²) >= 11 is 28.3. The Balaban J connectivity index is 2.45. The summed E-state index contributed by atoms with van der Waals surface area (Å²) in [4.78, 5) is -1.20. The Morgan fingerprint density at radius 1 is 1.54 bits per heavy atom. The van der Waals surface area contributed by atoms with Crippen molar-refractivity contribution in [3.8, 4) is 0 Å². The van der Waals surface area contributed by atoms with Gasteiger partial charge in [-0.2, -0.15) is 0 Å². The van der Waals surface area contributed by atoms with Gasteiger partial charge in [-0.25, -0.2) is 0 Å². The van der Waals surface area contributed by atoms with E-state index in [1.165, 1.54) is 0 Å². The predicted octanol–water partition coefficient (Wildman–Crippen LogP) is 4.10. The maximum absolute atomic E-state index is 6.39. The van der Waals surface area contributed by atoms with Crippen molar-refractivity contribution in [3.05, 3.63) is 11.1 Å². The zero-order chi connectivity index (χ0) is 9.85. The number of fused-ring (bicyclic) bond motifs is 2. The number of hydrogen-bond acceptors (Lipinski definition) is 0. The molecule has 1 fully saturated rings. The fourth-order valence-corrected chi connectivity index (χ4v) is 4.88. The van der Waals surface area contributed by atoms with Gasteiger partial charge in [0.15, 0.2) is 0 Å². The van der Waals surface area contributed by atoms with Crippen LogP contribution in [0.3, 0.4) is 0 Å². The molecule has 0 spiro atoms. The third kappa shape index (κ3) is 1.24. The molecule has 5 heteroatoms. The van der Waals surface area contributed by atoms with Crippen molar-refractivity contribution in [2.24, 2.45) is 5.92 Å². The van der Waals surface area contributed by atoms with Crippen LogP contribution < -0.4 is 0 Å². The first-order chi connectivity index (χ1) is 5.95. The first-order valence-electron chi connectivity index (χ1n) is 3.92. The Bertz CT molecular complexity index is 279. The van der Waals surface area contributed by atoms with E-state index >= 15 is 0 Å². The highest BCUT2D eigenvalue weighted by Gasteiger charge is 2.65. The highest BCUT2D eigenvalue weighted by molar-refractivity contribution is 9.09. The van der Waals surface area contributed by atoms with Crippen LogP contribution in [0, 0.1) is 5.92 Å². The lowest BCUT2D eigenvalue weighted by Crippen LogP contribution is -2.33. The van der Waals surface area contributed by atoms with E-state index in [0.29, 0.717) is 5.03 Å². The Kier molecular flexibility index (Phi) is 2.67. The Hall–Kier alpha value is 1.38. The molecule has 0 nitrogen and oxygen atoms in total. The summed E-state index contributed by atoms with van der Waals surface area (Å²) in [6, 6.07) is 0. The third-order valence-electron chi connectivity index (χ3n) is 2.89. The highest BCUT2D eigenvalue weighted by Crippen LogP contribution is 2.63. The standard InChI is InChI=1S/C8H7BrCl4/c9-3-4-1-8(13)5(10)2-7(4,12)6(8)11/h2,4,6H,1,3H2/t4-,6?,7-,8-/m0/s1. The monoisotopic (exact) mass is 322 g/mol. The lowest BCUT2D eigenvalue weighted by molar-refractivity contribution is 0.534. The van der Waals surface area contributed by atoms with E-state index in [4.69, 9.17) is 46.4 Å². The predicted molar refractivity (Wildman–Crippen MR) is 62.6 cm³/mol. The van der Waals surface area contributed by atoms with E-state index in [-0.39, 0.29) is 11.3 Å². The molecule has 0 aromatic heterocycles. The molecule has 13 heavy (non-hydrogen) atoms. The molecule has 2 aliphatic carbocycles. The second-order valence-corrected chi connectivity index (χ2v) is 6.42. The topological polar surface area (TPSA) is 0 Å². The minimum absolute atomic E-state index is 0.261. The van der Waals surface area contributed by atoms with Gasteiger partial charge in [-0.1, -0.05) is 27.5 Å². The van der Waals surface area contributed by atoms with Crippen molar-refractivity contribution in [1.82, 2.24) is 0 Å². The van der Waals surface area contributed by atoms with Gasteiger partial charge in [0.2, 0.25) is 0 Å². The molecule has 0 radical (unpaired) electrons. The summed E-state index contributed by atoms with van der Waals surface area (Å²) in [5.74, 6) is 0.261. The molecular weight excluding hydrogens is 318 g/mol. The Morgan fingerprint density at radius 2 is 2.15 bits per heavy atom. The van der Waals surface area contributed by atoms with E-state index in [1.54, 1.807) is 6.08 Å². The molecule has 0 saturated heterocycles. The molecule has 0 N–H and O–H groups in total. The summed E-state index contributed by atoms with van der Waals surface area (Å²) in [5.41, 5.74) is 0. The lowest BCUT2D eigenvalue weighted by Gasteiger charge is -2.25. The molecular formula is C8H7BrCl4. The van der Waals surface area contributed by atoms with Crippen LogP contribution >= 0.6 is 62.3 Å². The van der Waals surface area contributed by atoms with Crippen molar-refractivity contribution < 1.29 is 0 Å². The maximum Gasteiger partial charge on any atom is 0.0984 e. The van der Waals surface area contributed by atoms with Gasteiger partial charge in [0.05, 0.1) is 15.1 Å².